The molecule has 0 aliphatic carbocycles. The molecule has 0 aromatic heterocycles. The molecule has 0 aromatic rings. The van der Waals surface area contributed by atoms with Crippen LogP contribution in [0.4, 0.5) is 0 Å². The van der Waals surface area contributed by atoms with Crippen LogP contribution in [0.1, 0.15) is 0 Å². The normalized spacial score (nSPS) is 25.0. The predicted molar refractivity (Wildman–Crippen MR) is 39.7 cm³/mol. The summed E-state index contributed by atoms with van der Waals surface area (Å²) < 4.78 is 0. The highest BCUT2D eigenvalue weighted by Crippen LogP contribution is 2.05. The van der Waals surface area contributed by atoms with Crippen LogP contribution in [0.5, 0.6) is 0 Å². The summed E-state index contributed by atoms with van der Waals surface area (Å²) in [4.78, 5) is 14.7. The molecular formula is C7H14N2O. The molecule has 58 valence electrons. The summed E-state index contributed by atoms with van der Waals surface area (Å²) in [5.74, 6) is 0.212. The zero-order valence-corrected chi connectivity index (χ0v) is 6.58. The molecule has 0 bridgehead atoms. The van der Waals surface area contributed by atoms with E-state index < -0.39 is 0 Å². The lowest BCUT2D eigenvalue weighted by atomic mass is 10.1. The smallest absolute Gasteiger partial charge is 0.125 e. The van der Waals surface area contributed by atoms with E-state index in [-0.39, 0.29) is 5.92 Å². The molecule has 3 heteroatoms. The van der Waals surface area contributed by atoms with Gasteiger partial charge in [0, 0.05) is 19.0 Å². The van der Waals surface area contributed by atoms with Crippen molar-refractivity contribution in [3.05, 3.63) is 0 Å². The molecule has 1 fully saturated rings. The molecule has 0 N–H and O–H groups in total. The van der Waals surface area contributed by atoms with Crippen molar-refractivity contribution in [2.75, 3.05) is 33.9 Å². The molecule has 0 atom stereocenters. The molecule has 0 radical (unpaired) electrons. The topological polar surface area (TPSA) is 23.6 Å². The van der Waals surface area contributed by atoms with Crippen LogP contribution < -0.4 is 0 Å². The van der Waals surface area contributed by atoms with Crippen LogP contribution in [-0.2, 0) is 4.79 Å². The van der Waals surface area contributed by atoms with E-state index in [0.717, 1.165) is 26.0 Å². The van der Waals surface area contributed by atoms with E-state index in [0.29, 0.717) is 0 Å². The second-order valence-corrected chi connectivity index (χ2v) is 3.11. The van der Waals surface area contributed by atoms with Crippen molar-refractivity contribution in [1.29, 1.82) is 0 Å². The zero-order valence-electron chi connectivity index (χ0n) is 6.58. The third-order valence-corrected chi connectivity index (χ3v) is 1.77. The standard InChI is InChI=1S/C7H14N2O/c1-8-3-7(5-10)4-9(2)6-8/h5,7H,3-4,6H2,1-2H3. The average molecular weight is 142 g/mol. The zero-order chi connectivity index (χ0) is 7.56. The van der Waals surface area contributed by atoms with Gasteiger partial charge in [-0.2, -0.15) is 0 Å². The number of aldehydes is 1. The Bertz CT molecular complexity index is 117. The molecule has 10 heavy (non-hydrogen) atoms. The van der Waals surface area contributed by atoms with Gasteiger partial charge in [-0.15, -0.1) is 0 Å². The van der Waals surface area contributed by atoms with Gasteiger partial charge in [0.2, 0.25) is 0 Å². The average Bonchev–Trinajstić information content (AvgIpc) is 1.85. The van der Waals surface area contributed by atoms with Gasteiger partial charge in [-0.05, 0) is 14.1 Å². The highest BCUT2D eigenvalue weighted by molar-refractivity contribution is 5.54. The first-order valence-electron chi connectivity index (χ1n) is 3.54. The highest BCUT2D eigenvalue weighted by atomic mass is 16.1. The third-order valence-electron chi connectivity index (χ3n) is 1.77. The van der Waals surface area contributed by atoms with Crippen molar-refractivity contribution >= 4 is 6.29 Å². The van der Waals surface area contributed by atoms with Crippen molar-refractivity contribution in [2.24, 2.45) is 5.92 Å². The number of carbonyl (C=O) groups is 1. The maximum absolute atomic E-state index is 10.4. The Morgan fingerprint density at radius 2 is 1.80 bits per heavy atom. The van der Waals surface area contributed by atoms with E-state index in [1.165, 1.54) is 0 Å². The molecule has 1 heterocycles. The van der Waals surface area contributed by atoms with E-state index in [1.54, 1.807) is 0 Å². The van der Waals surface area contributed by atoms with Gasteiger partial charge in [-0.1, -0.05) is 0 Å². The summed E-state index contributed by atoms with van der Waals surface area (Å²) in [5.41, 5.74) is 0. The summed E-state index contributed by atoms with van der Waals surface area (Å²) in [7, 11) is 4.07. The van der Waals surface area contributed by atoms with Crippen molar-refractivity contribution in [2.45, 2.75) is 0 Å². The number of nitrogens with zero attached hydrogens (tertiary/aromatic N) is 2. The monoisotopic (exact) mass is 142 g/mol. The van der Waals surface area contributed by atoms with Crippen LogP contribution in [0, 0.1) is 5.92 Å². The Labute approximate surface area is 61.6 Å². The molecular weight excluding hydrogens is 128 g/mol. The largest absolute Gasteiger partial charge is 0.303 e. The van der Waals surface area contributed by atoms with Gasteiger partial charge in [0.1, 0.15) is 6.29 Å². The first-order chi connectivity index (χ1) is 4.72. The first kappa shape index (κ1) is 7.69. The van der Waals surface area contributed by atoms with Crippen molar-refractivity contribution in [1.82, 2.24) is 9.80 Å². The van der Waals surface area contributed by atoms with Gasteiger partial charge in [-0.25, -0.2) is 0 Å². The van der Waals surface area contributed by atoms with Gasteiger partial charge in [0.05, 0.1) is 6.67 Å². The van der Waals surface area contributed by atoms with Crippen LogP contribution in [0.2, 0.25) is 0 Å². The Morgan fingerprint density at radius 3 is 2.20 bits per heavy atom. The molecule has 1 aliphatic heterocycles. The van der Waals surface area contributed by atoms with E-state index >= 15 is 0 Å². The number of carbonyl (C=O) groups excluding carboxylic acids is 1. The fourth-order valence-electron chi connectivity index (χ4n) is 1.47. The molecule has 1 aliphatic rings. The fraction of sp³-hybridized carbons (Fsp3) is 0.857. The summed E-state index contributed by atoms with van der Waals surface area (Å²) in [6.45, 7) is 2.80. The van der Waals surface area contributed by atoms with Crippen molar-refractivity contribution in [3.63, 3.8) is 0 Å². The van der Waals surface area contributed by atoms with Crippen LogP contribution in [0.15, 0.2) is 0 Å². The van der Waals surface area contributed by atoms with Gasteiger partial charge in [0.25, 0.3) is 0 Å². The predicted octanol–water partition coefficient (Wildman–Crippen LogP) is -0.364. The number of rotatable bonds is 1. The van der Waals surface area contributed by atoms with Gasteiger partial charge in [0.15, 0.2) is 0 Å². The first-order valence-corrected chi connectivity index (χ1v) is 3.54. The SMILES string of the molecule is CN1CC(C=O)CN(C)C1. The Hall–Kier alpha value is -0.410. The van der Waals surface area contributed by atoms with E-state index in [2.05, 4.69) is 9.80 Å². The lowest BCUT2D eigenvalue weighted by molar-refractivity contribution is -0.113. The molecule has 0 saturated carbocycles. The van der Waals surface area contributed by atoms with E-state index in [1.807, 2.05) is 14.1 Å². The molecule has 1 rings (SSSR count). The minimum atomic E-state index is 0.212. The molecule has 0 amide bonds. The molecule has 1 saturated heterocycles. The highest BCUT2D eigenvalue weighted by Gasteiger charge is 2.19. The quantitative estimate of drug-likeness (QED) is 0.467. The van der Waals surface area contributed by atoms with Crippen LogP contribution in [0.3, 0.4) is 0 Å². The Morgan fingerprint density at radius 1 is 1.30 bits per heavy atom. The summed E-state index contributed by atoms with van der Waals surface area (Å²) in [6, 6.07) is 0. The van der Waals surface area contributed by atoms with Crippen LogP contribution in [-0.4, -0.2) is 49.9 Å². The summed E-state index contributed by atoms with van der Waals surface area (Å²) in [5, 5.41) is 0. The van der Waals surface area contributed by atoms with Gasteiger partial charge >= 0.3 is 0 Å². The van der Waals surface area contributed by atoms with Crippen LogP contribution >= 0.6 is 0 Å². The minimum Gasteiger partial charge on any atom is -0.303 e. The second kappa shape index (κ2) is 3.12. The molecule has 0 spiro atoms. The fourth-order valence-corrected chi connectivity index (χ4v) is 1.47. The van der Waals surface area contributed by atoms with Crippen LogP contribution in [0.25, 0.3) is 0 Å². The molecule has 0 aromatic carbocycles. The number of hydrogen-bond donors (Lipinski definition) is 0. The Kier molecular flexibility index (Phi) is 2.40. The molecule has 0 unspecified atom stereocenters. The lowest BCUT2D eigenvalue weighted by Crippen LogP contribution is -2.46. The minimum absolute atomic E-state index is 0.212. The maximum atomic E-state index is 10.4. The summed E-state index contributed by atoms with van der Waals surface area (Å²) >= 11 is 0. The van der Waals surface area contributed by atoms with Gasteiger partial charge < -0.3 is 4.79 Å². The summed E-state index contributed by atoms with van der Waals surface area (Å²) in [6.07, 6.45) is 1.05. The maximum Gasteiger partial charge on any atom is 0.125 e. The second-order valence-electron chi connectivity index (χ2n) is 3.11. The van der Waals surface area contributed by atoms with E-state index in [9.17, 15) is 4.79 Å². The van der Waals surface area contributed by atoms with E-state index in [4.69, 9.17) is 0 Å². The Balaban J connectivity index is 2.42. The lowest BCUT2D eigenvalue weighted by Gasteiger charge is -2.33. The van der Waals surface area contributed by atoms with Crippen molar-refractivity contribution in [3.8, 4) is 0 Å². The van der Waals surface area contributed by atoms with Crippen molar-refractivity contribution < 1.29 is 4.79 Å². The molecule has 3 nitrogen and oxygen atoms in total. The number of hydrogen-bond acceptors (Lipinski definition) is 3. The van der Waals surface area contributed by atoms with Gasteiger partial charge in [-0.3, -0.25) is 9.80 Å². The third kappa shape index (κ3) is 1.78.